The van der Waals surface area contributed by atoms with E-state index in [4.69, 9.17) is 16.3 Å². The Balaban J connectivity index is 1.58. The molecule has 0 bridgehead atoms. The molecule has 0 aliphatic heterocycles. The molecule has 2 amide bonds. The van der Waals surface area contributed by atoms with Gasteiger partial charge in [-0.15, -0.1) is 13.2 Å². The van der Waals surface area contributed by atoms with Gasteiger partial charge in [0.1, 0.15) is 18.2 Å². The lowest BCUT2D eigenvalue weighted by atomic mass is 10.1. The number of fused-ring (bicyclic) bond motifs is 1. The number of carbonyl (C=O) groups is 2. The van der Waals surface area contributed by atoms with Gasteiger partial charge >= 0.3 is 6.36 Å². The monoisotopic (exact) mass is 573 g/mol. The van der Waals surface area contributed by atoms with Crippen molar-refractivity contribution in [3.63, 3.8) is 0 Å². The number of benzene rings is 3. The van der Waals surface area contributed by atoms with Gasteiger partial charge in [-0.05, 0) is 60.2 Å². The molecule has 0 aliphatic rings. The minimum Gasteiger partial charge on any atom is -0.406 e. The molecule has 0 fully saturated rings. The Labute approximate surface area is 231 Å². The van der Waals surface area contributed by atoms with Crippen molar-refractivity contribution >= 4 is 45.8 Å². The van der Waals surface area contributed by atoms with E-state index < -0.39 is 12.3 Å². The molecule has 0 unspecified atom stereocenters. The number of aromatic nitrogens is 2. The number of amides is 2. The van der Waals surface area contributed by atoms with Crippen LogP contribution in [0.4, 0.5) is 24.7 Å². The average Bonchev–Trinajstić information content (AvgIpc) is 2.91. The zero-order chi connectivity index (χ0) is 28.9. The highest BCUT2D eigenvalue weighted by molar-refractivity contribution is 6.34. The normalized spacial score (nSPS) is 11.2. The number of rotatable bonds is 9. The van der Waals surface area contributed by atoms with Crippen molar-refractivity contribution in [2.24, 2.45) is 0 Å². The third-order valence-corrected chi connectivity index (χ3v) is 5.91. The fraction of sp³-hybridized carbons (Fsp3) is 0.185. The van der Waals surface area contributed by atoms with Crippen LogP contribution in [-0.2, 0) is 16.1 Å². The number of nitrogens with one attached hydrogen (secondary N) is 3. The number of halogens is 4. The molecule has 0 saturated heterocycles. The van der Waals surface area contributed by atoms with Crippen LogP contribution < -0.4 is 20.7 Å². The van der Waals surface area contributed by atoms with Crippen LogP contribution in [0.15, 0.2) is 60.7 Å². The molecule has 13 heteroatoms. The first-order chi connectivity index (χ1) is 19.1. The fourth-order valence-electron chi connectivity index (χ4n) is 3.77. The Bertz CT molecular complexity index is 1550. The lowest BCUT2D eigenvalue weighted by molar-refractivity contribution is -0.274. The smallest absolute Gasteiger partial charge is 0.406 e. The number of hydrogen-bond acceptors (Lipinski definition) is 7. The second kappa shape index (κ2) is 12.2. The van der Waals surface area contributed by atoms with Crippen LogP contribution in [0.25, 0.3) is 22.3 Å². The molecule has 4 rings (SSSR count). The Hall–Kier alpha value is -4.42. The Kier molecular flexibility index (Phi) is 8.70. The van der Waals surface area contributed by atoms with Crippen LogP contribution in [0, 0.1) is 0 Å². The highest BCUT2D eigenvalue weighted by Crippen LogP contribution is 2.30. The number of methoxy groups -OCH3 is 1. The third-order valence-electron chi connectivity index (χ3n) is 5.58. The number of carbonyl (C=O) groups excluding carboxylic acids is 2. The predicted octanol–water partition coefficient (Wildman–Crippen LogP) is 5.41. The molecule has 0 saturated carbocycles. The van der Waals surface area contributed by atoms with E-state index in [9.17, 15) is 22.8 Å². The van der Waals surface area contributed by atoms with Crippen LogP contribution >= 0.6 is 11.6 Å². The Morgan fingerprint density at radius 2 is 1.75 bits per heavy atom. The van der Waals surface area contributed by atoms with Gasteiger partial charge in [-0.2, -0.15) is 0 Å². The zero-order valence-corrected chi connectivity index (χ0v) is 22.0. The van der Waals surface area contributed by atoms with Crippen LogP contribution in [-0.4, -0.2) is 48.9 Å². The number of nitrogens with zero attached hydrogens (tertiary/aromatic N) is 2. The van der Waals surface area contributed by atoms with Crippen LogP contribution in [0.5, 0.6) is 5.75 Å². The SMILES string of the molecule is CNc1nc(-c2ccc(OC(F)(F)F)cc2)nc2cc(NC(=O)c3cc(CNC(=O)COC)ccc3Cl)ccc12. The molecular weight excluding hydrogens is 551 g/mol. The Morgan fingerprint density at radius 1 is 1.00 bits per heavy atom. The molecule has 1 aromatic heterocycles. The first-order valence-corrected chi connectivity index (χ1v) is 12.1. The van der Waals surface area contributed by atoms with Gasteiger partial charge in [0.15, 0.2) is 5.82 Å². The van der Waals surface area contributed by atoms with Crippen LogP contribution in [0.2, 0.25) is 5.02 Å². The highest BCUT2D eigenvalue weighted by atomic mass is 35.5. The molecule has 9 nitrogen and oxygen atoms in total. The molecule has 40 heavy (non-hydrogen) atoms. The minimum absolute atomic E-state index is 0.0821. The molecular formula is C27H23ClF3N5O4. The van der Waals surface area contributed by atoms with E-state index in [2.05, 4.69) is 30.7 Å². The lowest BCUT2D eigenvalue weighted by Gasteiger charge is -2.12. The van der Waals surface area contributed by atoms with Crippen molar-refractivity contribution < 1.29 is 32.2 Å². The van der Waals surface area contributed by atoms with Crippen molar-refractivity contribution in [3.8, 4) is 17.1 Å². The van der Waals surface area contributed by atoms with Crippen molar-refractivity contribution in [1.29, 1.82) is 0 Å². The van der Waals surface area contributed by atoms with Gasteiger partial charge in [-0.3, -0.25) is 9.59 Å². The van der Waals surface area contributed by atoms with Gasteiger partial charge < -0.3 is 25.4 Å². The summed E-state index contributed by atoms with van der Waals surface area (Å²) in [6.45, 7) is 0.104. The average molecular weight is 574 g/mol. The summed E-state index contributed by atoms with van der Waals surface area (Å²) >= 11 is 6.27. The molecule has 208 valence electrons. The topological polar surface area (TPSA) is 114 Å². The standard InChI is InChI=1S/C27H23ClF3N5O4/c1-32-25-19-9-6-17(34-26(38)20-11-15(3-10-21(20)28)13-33-23(37)14-39-2)12-22(19)35-24(36-25)16-4-7-18(8-5-16)40-27(29,30)31/h3-12H,13-14H2,1-2H3,(H,33,37)(H,34,38)(H,32,35,36). The van der Waals surface area contributed by atoms with E-state index in [1.54, 1.807) is 43.4 Å². The largest absolute Gasteiger partial charge is 0.573 e. The summed E-state index contributed by atoms with van der Waals surface area (Å²) in [5.74, 6) is -0.397. The summed E-state index contributed by atoms with van der Waals surface area (Å²) in [4.78, 5) is 33.8. The number of alkyl halides is 3. The Morgan fingerprint density at radius 3 is 2.42 bits per heavy atom. The number of hydrogen-bond donors (Lipinski definition) is 3. The van der Waals surface area contributed by atoms with Crippen molar-refractivity contribution in [3.05, 3.63) is 76.8 Å². The van der Waals surface area contributed by atoms with E-state index >= 15 is 0 Å². The van der Waals surface area contributed by atoms with Crippen LogP contribution in [0.3, 0.4) is 0 Å². The van der Waals surface area contributed by atoms with Crippen molar-refractivity contribution in [2.75, 3.05) is 31.4 Å². The summed E-state index contributed by atoms with van der Waals surface area (Å²) < 4.78 is 46.2. The summed E-state index contributed by atoms with van der Waals surface area (Å²) in [6, 6.07) is 15.1. The second-order valence-corrected chi connectivity index (χ2v) is 8.84. The summed E-state index contributed by atoms with van der Waals surface area (Å²) in [6.07, 6.45) is -4.80. The third kappa shape index (κ3) is 7.16. The highest BCUT2D eigenvalue weighted by Gasteiger charge is 2.31. The molecule has 3 N–H and O–H groups in total. The van der Waals surface area contributed by atoms with Crippen LogP contribution in [0.1, 0.15) is 15.9 Å². The first kappa shape index (κ1) is 28.6. The van der Waals surface area contributed by atoms with Crippen molar-refractivity contribution in [2.45, 2.75) is 12.9 Å². The van der Waals surface area contributed by atoms with E-state index in [1.165, 1.54) is 31.4 Å². The van der Waals surface area contributed by atoms with Gasteiger partial charge in [-0.1, -0.05) is 17.7 Å². The summed E-state index contributed by atoms with van der Waals surface area (Å²) in [5, 5.41) is 9.35. The van der Waals surface area contributed by atoms with Crippen molar-refractivity contribution in [1.82, 2.24) is 15.3 Å². The summed E-state index contributed by atoms with van der Waals surface area (Å²) in [5.41, 5.74) is 2.24. The second-order valence-electron chi connectivity index (χ2n) is 8.43. The number of anilines is 2. The quantitative estimate of drug-likeness (QED) is 0.245. The van der Waals surface area contributed by atoms with Gasteiger partial charge in [0.2, 0.25) is 5.91 Å². The van der Waals surface area contributed by atoms with Gasteiger partial charge in [0, 0.05) is 37.3 Å². The van der Waals surface area contributed by atoms with E-state index in [-0.39, 0.29) is 41.2 Å². The van der Waals surface area contributed by atoms with Gasteiger partial charge in [-0.25, -0.2) is 9.97 Å². The maximum atomic E-state index is 13.1. The molecule has 0 atom stereocenters. The molecule has 4 aromatic rings. The maximum absolute atomic E-state index is 13.1. The summed E-state index contributed by atoms with van der Waals surface area (Å²) in [7, 11) is 3.09. The molecule has 0 spiro atoms. The predicted molar refractivity (Wildman–Crippen MR) is 144 cm³/mol. The fourth-order valence-corrected chi connectivity index (χ4v) is 3.97. The molecule has 3 aromatic carbocycles. The molecule has 1 heterocycles. The van der Waals surface area contributed by atoms with E-state index in [0.29, 0.717) is 33.5 Å². The number of ether oxygens (including phenoxy) is 2. The zero-order valence-electron chi connectivity index (χ0n) is 21.2. The van der Waals surface area contributed by atoms with E-state index in [1.807, 2.05) is 0 Å². The lowest BCUT2D eigenvalue weighted by Crippen LogP contribution is -2.26. The minimum atomic E-state index is -4.80. The van der Waals surface area contributed by atoms with Gasteiger partial charge in [0.05, 0.1) is 16.1 Å². The van der Waals surface area contributed by atoms with Gasteiger partial charge in [0.25, 0.3) is 5.91 Å². The maximum Gasteiger partial charge on any atom is 0.573 e. The molecule has 0 radical (unpaired) electrons. The van der Waals surface area contributed by atoms with E-state index in [0.717, 1.165) is 0 Å². The molecule has 0 aliphatic carbocycles. The first-order valence-electron chi connectivity index (χ1n) is 11.8.